The Bertz CT molecular complexity index is 868. The second-order valence-corrected chi connectivity index (χ2v) is 5.59. The van der Waals surface area contributed by atoms with E-state index in [-0.39, 0.29) is 12.5 Å². The largest absolute Gasteiger partial charge is 0.483 e. The van der Waals surface area contributed by atoms with Crippen LogP contribution in [0.2, 0.25) is 0 Å². The van der Waals surface area contributed by atoms with Crippen molar-refractivity contribution in [3.8, 4) is 5.75 Å². The fourth-order valence-corrected chi connectivity index (χ4v) is 2.45. The Labute approximate surface area is 134 Å². The predicted octanol–water partition coefficient (Wildman–Crippen LogP) is 3.28. The normalized spacial score (nSPS) is 10.7. The summed E-state index contributed by atoms with van der Waals surface area (Å²) < 4.78 is 7.56. The van der Waals surface area contributed by atoms with Gasteiger partial charge in [0.2, 0.25) is 0 Å². The van der Waals surface area contributed by atoms with Gasteiger partial charge in [-0.2, -0.15) is 0 Å². The third kappa shape index (κ3) is 3.18. The number of amides is 1. The molecule has 2 aromatic heterocycles. The van der Waals surface area contributed by atoms with Crippen LogP contribution in [-0.2, 0) is 4.79 Å². The van der Waals surface area contributed by atoms with Crippen molar-refractivity contribution >= 4 is 17.2 Å². The first-order valence-corrected chi connectivity index (χ1v) is 7.47. The monoisotopic (exact) mass is 309 g/mol. The third-order valence-corrected chi connectivity index (χ3v) is 3.80. The number of carbonyl (C=O) groups excluding carboxylic acids is 1. The molecule has 2 heterocycles. The third-order valence-electron chi connectivity index (χ3n) is 3.80. The molecule has 5 nitrogen and oxygen atoms in total. The van der Waals surface area contributed by atoms with Crippen LogP contribution in [0.4, 0.5) is 5.69 Å². The van der Waals surface area contributed by atoms with Crippen molar-refractivity contribution in [1.29, 1.82) is 0 Å². The number of pyridine rings is 1. The Morgan fingerprint density at radius 1 is 1.22 bits per heavy atom. The molecule has 0 radical (unpaired) electrons. The number of hydrogen-bond donors (Lipinski definition) is 1. The zero-order valence-electron chi connectivity index (χ0n) is 13.5. The Balaban J connectivity index is 1.69. The average molecular weight is 309 g/mol. The van der Waals surface area contributed by atoms with Gasteiger partial charge in [0, 0.05) is 18.1 Å². The lowest BCUT2D eigenvalue weighted by molar-refractivity contribution is -0.118. The number of rotatable bonds is 4. The maximum atomic E-state index is 12.1. The van der Waals surface area contributed by atoms with Crippen LogP contribution in [0.25, 0.3) is 5.65 Å². The Hall–Kier alpha value is -2.82. The first-order chi connectivity index (χ1) is 11.0. The summed E-state index contributed by atoms with van der Waals surface area (Å²) in [5.74, 6) is 0.551. The quantitative estimate of drug-likeness (QED) is 0.804. The first kappa shape index (κ1) is 15.1. The van der Waals surface area contributed by atoms with Gasteiger partial charge in [-0.1, -0.05) is 12.1 Å². The molecule has 23 heavy (non-hydrogen) atoms. The van der Waals surface area contributed by atoms with E-state index >= 15 is 0 Å². The average Bonchev–Trinajstić information content (AvgIpc) is 3.00. The molecule has 1 N–H and O–H groups in total. The van der Waals surface area contributed by atoms with Crippen molar-refractivity contribution in [1.82, 2.24) is 9.38 Å². The van der Waals surface area contributed by atoms with E-state index in [1.165, 1.54) is 0 Å². The summed E-state index contributed by atoms with van der Waals surface area (Å²) in [4.78, 5) is 16.4. The molecule has 0 aliphatic heterocycles. The standard InChI is InChI=1S/C18H19N3O2/c1-12-4-5-13(2)16(10-12)23-11-18(22)20-15-6-7-17-19-8-9-21(17)14(15)3/h4-10H,11H2,1-3H3,(H,20,22). The Kier molecular flexibility index (Phi) is 4.02. The molecule has 3 rings (SSSR count). The second kappa shape index (κ2) is 6.12. The van der Waals surface area contributed by atoms with Gasteiger partial charge in [0.1, 0.15) is 11.4 Å². The van der Waals surface area contributed by atoms with Crippen molar-refractivity contribution in [2.24, 2.45) is 0 Å². The van der Waals surface area contributed by atoms with Gasteiger partial charge >= 0.3 is 0 Å². The zero-order valence-corrected chi connectivity index (χ0v) is 13.5. The van der Waals surface area contributed by atoms with E-state index in [1.54, 1.807) is 6.20 Å². The molecule has 3 aromatic rings. The fraction of sp³-hybridized carbons (Fsp3) is 0.222. The number of hydrogen-bond acceptors (Lipinski definition) is 3. The maximum absolute atomic E-state index is 12.1. The van der Waals surface area contributed by atoms with E-state index in [2.05, 4.69) is 10.3 Å². The lowest BCUT2D eigenvalue weighted by atomic mass is 10.1. The van der Waals surface area contributed by atoms with Gasteiger partial charge in [-0.05, 0) is 50.1 Å². The Morgan fingerprint density at radius 3 is 2.87 bits per heavy atom. The molecule has 0 spiro atoms. The molecule has 118 valence electrons. The molecule has 0 saturated carbocycles. The fourth-order valence-electron chi connectivity index (χ4n) is 2.45. The molecular weight excluding hydrogens is 290 g/mol. The highest BCUT2D eigenvalue weighted by Gasteiger charge is 2.09. The number of benzene rings is 1. The number of carbonyl (C=O) groups is 1. The SMILES string of the molecule is Cc1ccc(C)c(OCC(=O)Nc2ccc3nccn3c2C)c1. The van der Waals surface area contributed by atoms with Crippen molar-refractivity contribution in [2.45, 2.75) is 20.8 Å². The summed E-state index contributed by atoms with van der Waals surface area (Å²) in [7, 11) is 0. The van der Waals surface area contributed by atoms with E-state index in [1.807, 2.05) is 61.7 Å². The van der Waals surface area contributed by atoms with Crippen molar-refractivity contribution in [3.05, 3.63) is 59.5 Å². The lowest BCUT2D eigenvalue weighted by Crippen LogP contribution is -2.21. The number of nitrogens with zero attached hydrogens (tertiary/aromatic N) is 2. The van der Waals surface area contributed by atoms with Gasteiger partial charge in [-0.25, -0.2) is 4.98 Å². The van der Waals surface area contributed by atoms with Crippen LogP contribution < -0.4 is 10.1 Å². The number of nitrogens with one attached hydrogen (secondary N) is 1. The van der Waals surface area contributed by atoms with Crippen LogP contribution in [0.1, 0.15) is 16.8 Å². The summed E-state index contributed by atoms with van der Waals surface area (Å²) in [6.45, 7) is 5.88. The minimum Gasteiger partial charge on any atom is -0.483 e. The summed E-state index contributed by atoms with van der Waals surface area (Å²) in [6.07, 6.45) is 3.60. The molecule has 0 aliphatic rings. The molecule has 1 aromatic carbocycles. The van der Waals surface area contributed by atoms with Gasteiger partial charge < -0.3 is 14.5 Å². The minimum atomic E-state index is -0.187. The van der Waals surface area contributed by atoms with Crippen LogP contribution in [0.5, 0.6) is 5.75 Å². The second-order valence-electron chi connectivity index (χ2n) is 5.59. The summed E-state index contributed by atoms with van der Waals surface area (Å²) in [5, 5.41) is 2.88. The van der Waals surface area contributed by atoms with Crippen molar-refractivity contribution in [2.75, 3.05) is 11.9 Å². The van der Waals surface area contributed by atoms with Crippen molar-refractivity contribution in [3.63, 3.8) is 0 Å². The van der Waals surface area contributed by atoms with Crippen LogP contribution in [0.3, 0.4) is 0 Å². The number of anilines is 1. The number of ether oxygens (including phenoxy) is 1. The molecule has 0 saturated heterocycles. The molecule has 0 fully saturated rings. The van der Waals surface area contributed by atoms with Crippen molar-refractivity contribution < 1.29 is 9.53 Å². The molecule has 0 aliphatic carbocycles. The van der Waals surface area contributed by atoms with Crippen LogP contribution in [0.15, 0.2) is 42.7 Å². The molecular formula is C18H19N3O2. The van der Waals surface area contributed by atoms with Gasteiger partial charge in [-0.15, -0.1) is 0 Å². The summed E-state index contributed by atoms with van der Waals surface area (Å²) >= 11 is 0. The van der Waals surface area contributed by atoms with Gasteiger partial charge in [0.25, 0.3) is 5.91 Å². The molecule has 0 bridgehead atoms. The van der Waals surface area contributed by atoms with E-state index in [9.17, 15) is 4.79 Å². The summed E-state index contributed by atoms with van der Waals surface area (Å²) in [5.41, 5.74) is 4.66. The smallest absolute Gasteiger partial charge is 0.262 e. The topological polar surface area (TPSA) is 55.6 Å². The highest BCUT2D eigenvalue weighted by molar-refractivity contribution is 5.92. The summed E-state index contributed by atoms with van der Waals surface area (Å²) in [6, 6.07) is 9.67. The predicted molar refractivity (Wildman–Crippen MR) is 90.0 cm³/mol. The van der Waals surface area contributed by atoms with Gasteiger partial charge in [-0.3, -0.25) is 4.79 Å². The van der Waals surface area contributed by atoms with Crippen LogP contribution in [-0.4, -0.2) is 21.9 Å². The zero-order chi connectivity index (χ0) is 16.4. The number of aromatic nitrogens is 2. The molecule has 1 amide bonds. The highest BCUT2D eigenvalue weighted by Crippen LogP contribution is 2.20. The van der Waals surface area contributed by atoms with Gasteiger partial charge in [0.15, 0.2) is 6.61 Å². The van der Waals surface area contributed by atoms with Crippen LogP contribution >= 0.6 is 0 Å². The minimum absolute atomic E-state index is 0.0221. The maximum Gasteiger partial charge on any atom is 0.262 e. The number of fused-ring (bicyclic) bond motifs is 1. The number of aryl methyl sites for hydroxylation is 3. The molecule has 5 heteroatoms. The van der Waals surface area contributed by atoms with E-state index < -0.39 is 0 Å². The van der Waals surface area contributed by atoms with E-state index in [0.29, 0.717) is 0 Å². The highest BCUT2D eigenvalue weighted by atomic mass is 16.5. The van der Waals surface area contributed by atoms with Gasteiger partial charge in [0.05, 0.1) is 5.69 Å². The Morgan fingerprint density at radius 2 is 2.04 bits per heavy atom. The van der Waals surface area contributed by atoms with E-state index in [0.717, 1.165) is 33.9 Å². The van der Waals surface area contributed by atoms with Crippen LogP contribution in [0, 0.1) is 20.8 Å². The lowest BCUT2D eigenvalue weighted by Gasteiger charge is -2.12. The molecule has 0 atom stereocenters. The first-order valence-electron chi connectivity index (χ1n) is 7.47. The number of imidazole rings is 1. The van der Waals surface area contributed by atoms with E-state index in [4.69, 9.17) is 4.74 Å². The molecule has 0 unspecified atom stereocenters.